The molecular formula is C27H23ClN8O2. The Labute approximate surface area is 222 Å². The summed E-state index contributed by atoms with van der Waals surface area (Å²) in [6.45, 7) is 2.10. The van der Waals surface area contributed by atoms with Crippen LogP contribution in [0.5, 0.6) is 0 Å². The third kappa shape index (κ3) is 5.40. The van der Waals surface area contributed by atoms with E-state index in [1.165, 1.54) is 10.7 Å². The van der Waals surface area contributed by atoms with Crippen molar-refractivity contribution in [3.63, 3.8) is 0 Å². The molecule has 190 valence electrons. The van der Waals surface area contributed by atoms with E-state index >= 15 is 0 Å². The predicted molar refractivity (Wildman–Crippen MR) is 145 cm³/mol. The van der Waals surface area contributed by atoms with Crippen molar-refractivity contribution in [2.75, 3.05) is 11.1 Å². The van der Waals surface area contributed by atoms with Crippen molar-refractivity contribution in [2.24, 2.45) is 0 Å². The summed E-state index contributed by atoms with van der Waals surface area (Å²) in [6.07, 6.45) is 0. The fourth-order valence-corrected chi connectivity index (χ4v) is 4.04. The smallest absolute Gasteiger partial charge is 0.272 e. The number of amides is 2. The molecule has 0 saturated carbocycles. The van der Waals surface area contributed by atoms with E-state index in [9.17, 15) is 9.59 Å². The topological polar surface area (TPSA) is 144 Å². The van der Waals surface area contributed by atoms with Gasteiger partial charge < -0.3 is 16.4 Å². The Hall–Kier alpha value is -4.96. The normalized spacial score (nSPS) is 10.8. The lowest BCUT2D eigenvalue weighted by atomic mass is 10.1. The van der Waals surface area contributed by atoms with Crippen molar-refractivity contribution in [2.45, 2.75) is 13.5 Å². The summed E-state index contributed by atoms with van der Waals surface area (Å²) in [5.41, 5.74) is 9.71. The van der Waals surface area contributed by atoms with E-state index in [0.717, 1.165) is 11.4 Å². The predicted octanol–water partition coefficient (Wildman–Crippen LogP) is 4.38. The summed E-state index contributed by atoms with van der Waals surface area (Å²) in [4.78, 5) is 30.6. The third-order valence-electron chi connectivity index (χ3n) is 5.66. The number of benzene rings is 2. The van der Waals surface area contributed by atoms with Gasteiger partial charge in [-0.3, -0.25) is 14.7 Å². The number of nitrogen functional groups attached to an aromatic ring is 1. The number of rotatable bonds is 7. The van der Waals surface area contributed by atoms with E-state index in [1.54, 1.807) is 36.4 Å². The molecule has 2 amide bonds. The number of anilines is 2. The number of hydrogen-bond donors (Lipinski definition) is 4. The Morgan fingerprint density at radius 3 is 2.55 bits per heavy atom. The molecule has 0 aliphatic heterocycles. The largest absolute Gasteiger partial charge is 0.384 e. The Bertz CT molecular complexity index is 1630. The molecule has 5 aromatic rings. The molecule has 0 bridgehead atoms. The average Bonchev–Trinajstić information content (AvgIpc) is 3.54. The van der Waals surface area contributed by atoms with Crippen molar-refractivity contribution in [3.8, 4) is 16.9 Å². The van der Waals surface area contributed by atoms with Crippen LogP contribution in [0.15, 0.2) is 78.9 Å². The molecule has 0 saturated heterocycles. The second-order valence-electron chi connectivity index (χ2n) is 8.48. The van der Waals surface area contributed by atoms with Gasteiger partial charge in [0.05, 0.1) is 39.9 Å². The first-order valence-corrected chi connectivity index (χ1v) is 12.0. The number of pyridine rings is 1. The minimum absolute atomic E-state index is 0.129. The van der Waals surface area contributed by atoms with Gasteiger partial charge in [-0.15, -0.1) is 0 Å². The molecule has 0 atom stereocenters. The number of aromatic nitrogens is 5. The van der Waals surface area contributed by atoms with Crippen LogP contribution in [0.2, 0.25) is 5.02 Å². The highest BCUT2D eigenvalue weighted by molar-refractivity contribution is 6.34. The van der Waals surface area contributed by atoms with Gasteiger partial charge >= 0.3 is 0 Å². The molecule has 5 rings (SSSR count). The Morgan fingerprint density at radius 2 is 1.82 bits per heavy atom. The molecule has 0 spiro atoms. The van der Waals surface area contributed by atoms with Crippen LogP contribution in [-0.2, 0) is 6.54 Å². The number of hydrogen-bond acceptors (Lipinski definition) is 6. The van der Waals surface area contributed by atoms with Crippen molar-refractivity contribution in [1.82, 2.24) is 30.3 Å². The molecule has 38 heavy (non-hydrogen) atoms. The molecule has 3 heterocycles. The standard InChI is InChI=1S/C27H23ClN8O2/c1-16-12-18(34-33-16)15-30-27(38)23-14-25(36(35-23)19-6-3-2-4-7-19)32-26(37)20-13-17(10-11-21(20)28)22-8-5-9-24(29)31-22/h2-14H,15H2,1H3,(H2,29,31)(H,30,38)(H,32,37)(H,33,34). The van der Waals surface area contributed by atoms with E-state index in [-0.39, 0.29) is 22.8 Å². The molecule has 0 aliphatic carbocycles. The van der Waals surface area contributed by atoms with Gasteiger partial charge in [-0.2, -0.15) is 10.2 Å². The number of halogens is 1. The van der Waals surface area contributed by atoms with E-state index < -0.39 is 11.8 Å². The number of nitrogens with zero attached hydrogens (tertiary/aromatic N) is 4. The minimum Gasteiger partial charge on any atom is -0.384 e. The lowest BCUT2D eigenvalue weighted by Crippen LogP contribution is -2.23. The second kappa shape index (κ2) is 10.6. The summed E-state index contributed by atoms with van der Waals surface area (Å²) < 4.78 is 1.49. The maximum atomic E-state index is 13.4. The van der Waals surface area contributed by atoms with Crippen LogP contribution in [0.25, 0.3) is 16.9 Å². The van der Waals surface area contributed by atoms with Crippen molar-refractivity contribution < 1.29 is 9.59 Å². The highest BCUT2D eigenvalue weighted by Crippen LogP contribution is 2.26. The maximum absolute atomic E-state index is 13.4. The van der Waals surface area contributed by atoms with Gasteiger partial charge in [0.15, 0.2) is 5.69 Å². The average molecular weight is 527 g/mol. The number of para-hydroxylation sites is 1. The van der Waals surface area contributed by atoms with Crippen LogP contribution in [0.1, 0.15) is 32.2 Å². The van der Waals surface area contributed by atoms with Gasteiger partial charge in [0.2, 0.25) is 0 Å². The number of carbonyl (C=O) groups excluding carboxylic acids is 2. The van der Waals surface area contributed by atoms with Crippen molar-refractivity contribution in [3.05, 3.63) is 107 Å². The minimum atomic E-state index is -0.474. The first kappa shape index (κ1) is 24.7. The monoisotopic (exact) mass is 526 g/mol. The number of nitrogens with one attached hydrogen (secondary N) is 3. The molecular weight excluding hydrogens is 504 g/mol. The van der Waals surface area contributed by atoms with Crippen LogP contribution < -0.4 is 16.4 Å². The third-order valence-corrected chi connectivity index (χ3v) is 5.99. The van der Waals surface area contributed by atoms with Gasteiger partial charge in [-0.1, -0.05) is 41.9 Å². The highest BCUT2D eigenvalue weighted by Gasteiger charge is 2.20. The highest BCUT2D eigenvalue weighted by atomic mass is 35.5. The van der Waals surface area contributed by atoms with E-state index in [0.29, 0.717) is 28.6 Å². The maximum Gasteiger partial charge on any atom is 0.272 e. The second-order valence-corrected chi connectivity index (χ2v) is 8.88. The molecule has 5 N–H and O–H groups in total. The molecule has 0 radical (unpaired) electrons. The van der Waals surface area contributed by atoms with Gasteiger partial charge in [0.1, 0.15) is 11.6 Å². The molecule has 0 unspecified atom stereocenters. The molecule has 0 fully saturated rings. The first-order valence-electron chi connectivity index (χ1n) is 11.7. The zero-order chi connectivity index (χ0) is 26.6. The molecule has 10 nitrogen and oxygen atoms in total. The van der Waals surface area contributed by atoms with Crippen LogP contribution in [0, 0.1) is 6.92 Å². The van der Waals surface area contributed by atoms with Gasteiger partial charge in [-0.05, 0) is 49.4 Å². The Morgan fingerprint density at radius 1 is 1.00 bits per heavy atom. The van der Waals surface area contributed by atoms with E-state index in [4.69, 9.17) is 17.3 Å². The van der Waals surface area contributed by atoms with Crippen LogP contribution in [-0.4, -0.2) is 36.8 Å². The Kier molecular flexibility index (Phi) is 6.88. The number of H-pyrrole nitrogens is 1. The summed E-state index contributed by atoms with van der Waals surface area (Å²) in [5, 5.41) is 17.3. The lowest BCUT2D eigenvalue weighted by molar-refractivity contribution is 0.0944. The summed E-state index contributed by atoms with van der Waals surface area (Å²) in [7, 11) is 0. The summed E-state index contributed by atoms with van der Waals surface area (Å²) in [6, 6.07) is 22.8. The van der Waals surface area contributed by atoms with Crippen LogP contribution >= 0.6 is 11.6 Å². The lowest BCUT2D eigenvalue weighted by Gasteiger charge is -2.11. The zero-order valence-electron chi connectivity index (χ0n) is 20.3. The fraction of sp³-hybridized carbons (Fsp3) is 0.0741. The van der Waals surface area contributed by atoms with Crippen molar-refractivity contribution >= 4 is 35.1 Å². The number of aryl methyl sites for hydroxylation is 1. The number of nitrogens with two attached hydrogens (primary N) is 1. The van der Waals surface area contributed by atoms with Crippen LogP contribution in [0.3, 0.4) is 0 Å². The molecule has 2 aromatic carbocycles. The SMILES string of the molecule is Cc1cc(CNC(=O)c2cc(NC(=O)c3cc(-c4cccc(N)n4)ccc3Cl)n(-c3ccccc3)n2)[nH]n1. The summed E-state index contributed by atoms with van der Waals surface area (Å²) in [5.74, 6) is -0.219. The Balaban J connectivity index is 1.43. The number of aromatic amines is 1. The number of carbonyl (C=O) groups is 2. The van der Waals surface area contributed by atoms with Crippen molar-refractivity contribution in [1.29, 1.82) is 0 Å². The molecule has 0 aliphatic rings. The first-order chi connectivity index (χ1) is 18.4. The van der Waals surface area contributed by atoms with E-state index in [2.05, 4.69) is 30.9 Å². The molecule has 11 heteroatoms. The zero-order valence-corrected chi connectivity index (χ0v) is 21.0. The van der Waals surface area contributed by atoms with Gasteiger partial charge in [0.25, 0.3) is 11.8 Å². The quantitative estimate of drug-likeness (QED) is 0.248. The van der Waals surface area contributed by atoms with Gasteiger partial charge in [0, 0.05) is 11.6 Å². The molecule has 3 aromatic heterocycles. The van der Waals surface area contributed by atoms with Crippen LogP contribution in [0.4, 0.5) is 11.6 Å². The summed E-state index contributed by atoms with van der Waals surface area (Å²) >= 11 is 6.39. The van der Waals surface area contributed by atoms with E-state index in [1.807, 2.05) is 43.3 Å². The van der Waals surface area contributed by atoms with Gasteiger partial charge in [-0.25, -0.2) is 9.67 Å². The fourth-order valence-electron chi connectivity index (χ4n) is 3.83.